The van der Waals surface area contributed by atoms with E-state index in [-0.39, 0.29) is 30.1 Å². The average Bonchev–Trinajstić information content (AvgIpc) is 3.67. The Morgan fingerprint density at radius 3 is 2.57 bits per heavy atom. The molecule has 14 nitrogen and oxygen atoms in total. The maximum absolute atomic E-state index is 13.9. The molecular formula is C37H43N5O9. The first-order chi connectivity index (χ1) is 24.2. The minimum Gasteiger partial charge on any atom is -0.497 e. The van der Waals surface area contributed by atoms with Crippen molar-refractivity contribution >= 4 is 29.4 Å². The lowest BCUT2D eigenvalue weighted by atomic mass is 9.97. The Balaban J connectivity index is 1.55. The number of ether oxygens (including phenoxy) is 3. The van der Waals surface area contributed by atoms with Gasteiger partial charge in [0.2, 0.25) is 11.8 Å². The number of carbonyl (C=O) groups is 4. The molecule has 51 heavy (non-hydrogen) atoms. The molecule has 2 N–H and O–H groups in total. The molecular weight excluding hydrogens is 658 g/mol. The van der Waals surface area contributed by atoms with Crippen LogP contribution < -0.4 is 25.7 Å². The van der Waals surface area contributed by atoms with Gasteiger partial charge in [0, 0.05) is 61.4 Å². The molecule has 0 unspecified atom stereocenters. The summed E-state index contributed by atoms with van der Waals surface area (Å²) in [6, 6.07) is 7.68. The lowest BCUT2D eigenvalue weighted by molar-refractivity contribution is -0.148. The first-order valence-corrected chi connectivity index (χ1v) is 16.3. The number of hydrogen-bond donors (Lipinski definition) is 2. The van der Waals surface area contributed by atoms with Crippen LogP contribution in [-0.2, 0) is 25.7 Å². The van der Waals surface area contributed by atoms with Crippen LogP contribution in [0.1, 0.15) is 67.9 Å². The number of terminal acetylenes is 1. The molecule has 3 heterocycles. The molecule has 1 aliphatic heterocycles. The summed E-state index contributed by atoms with van der Waals surface area (Å²) in [6.07, 6.45) is 10.2. The number of carbonyl (C=O) groups excluding carboxylic acids is 4. The van der Waals surface area contributed by atoms with Crippen molar-refractivity contribution in [2.24, 2.45) is 5.92 Å². The Morgan fingerprint density at radius 1 is 1.16 bits per heavy atom. The number of amides is 3. The van der Waals surface area contributed by atoms with Crippen LogP contribution in [0.3, 0.4) is 0 Å². The minimum absolute atomic E-state index is 0.0250. The molecule has 0 radical (unpaired) electrons. The number of rotatable bonds is 14. The van der Waals surface area contributed by atoms with E-state index >= 15 is 0 Å². The highest BCUT2D eigenvalue weighted by molar-refractivity contribution is 6.02. The van der Waals surface area contributed by atoms with Crippen LogP contribution in [0, 0.1) is 25.2 Å². The van der Waals surface area contributed by atoms with E-state index in [1.165, 1.54) is 36.5 Å². The summed E-state index contributed by atoms with van der Waals surface area (Å²) in [5.74, 6) is 1.51. The van der Waals surface area contributed by atoms with Crippen molar-refractivity contribution in [2.45, 2.75) is 71.2 Å². The van der Waals surface area contributed by atoms with Crippen LogP contribution in [0.25, 0.3) is 0 Å². The second-order valence-electron chi connectivity index (χ2n) is 13.0. The van der Waals surface area contributed by atoms with E-state index in [0.717, 1.165) is 10.1 Å². The van der Waals surface area contributed by atoms with Gasteiger partial charge in [0.15, 0.2) is 5.69 Å². The lowest BCUT2D eigenvalue weighted by Crippen LogP contribution is -2.43. The SMILES string of the molecule is C#CC[C@@H](C(=O)N[C@H](/C=C/C(=O)OC(C)(C)C)C[C@@H]1CCN(Cc2ccc(OC)cc2OC)C1=O)n1cccc(NC(=O)c2cc(C)on2)c1=O. The minimum atomic E-state index is -1.19. The van der Waals surface area contributed by atoms with Crippen molar-refractivity contribution in [3.05, 3.63) is 82.1 Å². The largest absolute Gasteiger partial charge is 0.497 e. The number of aromatic nitrogens is 2. The summed E-state index contributed by atoms with van der Waals surface area (Å²) < 4.78 is 22.3. The van der Waals surface area contributed by atoms with Crippen molar-refractivity contribution < 1.29 is 37.9 Å². The number of nitrogens with one attached hydrogen (secondary N) is 2. The number of benzene rings is 1. The normalized spacial score (nSPS) is 15.6. The van der Waals surface area contributed by atoms with E-state index in [4.69, 9.17) is 25.2 Å². The van der Waals surface area contributed by atoms with E-state index in [9.17, 15) is 24.0 Å². The van der Waals surface area contributed by atoms with Crippen LogP contribution in [-0.4, -0.2) is 70.7 Å². The highest BCUT2D eigenvalue weighted by Crippen LogP contribution is 2.30. The van der Waals surface area contributed by atoms with Gasteiger partial charge in [0.25, 0.3) is 11.5 Å². The zero-order chi connectivity index (χ0) is 37.3. The summed E-state index contributed by atoms with van der Waals surface area (Å²) in [4.78, 5) is 68.0. The Hall–Kier alpha value is -5.84. The number of pyridine rings is 1. The average molecular weight is 702 g/mol. The molecule has 1 aromatic carbocycles. The van der Waals surface area contributed by atoms with Gasteiger partial charge < -0.3 is 38.8 Å². The third kappa shape index (κ3) is 10.1. The molecule has 3 amide bonds. The van der Waals surface area contributed by atoms with Gasteiger partial charge in [0.05, 0.1) is 14.2 Å². The van der Waals surface area contributed by atoms with Gasteiger partial charge in [-0.3, -0.25) is 19.2 Å². The van der Waals surface area contributed by atoms with Gasteiger partial charge in [-0.2, -0.15) is 0 Å². The molecule has 4 rings (SSSR count). The van der Waals surface area contributed by atoms with Crippen molar-refractivity contribution in [2.75, 3.05) is 26.1 Å². The van der Waals surface area contributed by atoms with Crippen molar-refractivity contribution in [1.29, 1.82) is 0 Å². The molecule has 0 aliphatic carbocycles. The molecule has 1 fully saturated rings. The number of anilines is 1. The number of aryl methyl sites for hydroxylation is 1. The van der Waals surface area contributed by atoms with Gasteiger partial charge >= 0.3 is 5.97 Å². The zero-order valence-electron chi connectivity index (χ0n) is 29.6. The summed E-state index contributed by atoms with van der Waals surface area (Å²) >= 11 is 0. The van der Waals surface area contributed by atoms with E-state index in [0.29, 0.717) is 36.8 Å². The number of methoxy groups -OCH3 is 2. The molecule has 0 spiro atoms. The predicted octanol–water partition coefficient (Wildman–Crippen LogP) is 3.80. The first kappa shape index (κ1) is 38.0. The lowest BCUT2D eigenvalue weighted by Gasteiger charge is -2.24. The van der Waals surface area contributed by atoms with Gasteiger partial charge in [-0.05, 0) is 64.8 Å². The van der Waals surface area contributed by atoms with Gasteiger partial charge in [-0.1, -0.05) is 11.2 Å². The summed E-state index contributed by atoms with van der Waals surface area (Å²) in [6.45, 7) is 7.59. The summed E-state index contributed by atoms with van der Waals surface area (Å²) in [7, 11) is 3.10. The highest BCUT2D eigenvalue weighted by atomic mass is 16.6. The van der Waals surface area contributed by atoms with Crippen molar-refractivity contribution in [3.8, 4) is 23.8 Å². The molecule has 3 aromatic rings. The molecule has 1 saturated heterocycles. The summed E-state index contributed by atoms with van der Waals surface area (Å²) in [5, 5.41) is 9.04. The smallest absolute Gasteiger partial charge is 0.331 e. The number of esters is 1. The molecule has 14 heteroatoms. The van der Waals surface area contributed by atoms with E-state index in [1.54, 1.807) is 58.9 Å². The standard InChI is InChI=1S/C37H43N5O9/c1-8-10-30(42-17-9-11-28(36(42)47)39-33(44)29-19-23(2)51-40-29)34(45)38-26(13-15-32(43)50-37(3,4)5)20-24-16-18-41(35(24)46)22-25-12-14-27(48-6)21-31(25)49-7/h1,9,11-15,17,19,21,24,26,30H,10,16,18,20,22H2,2-7H3,(H,38,45)(H,39,44)/b15-13+/t24-,26+,30-/m0/s1. The Labute approximate surface area is 296 Å². The maximum Gasteiger partial charge on any atom is 0.331 e. The Bertz CT molecular complexity index is 1880. The van der Waals surface area contributed by atoms with E-state index < -0.39 is 46.9 Å². The summed E-state index contributed by atoms with van der Waals surface area (Å²) in [5.41, 5.74) is -0.763. The molecule has 0 saturated carbocycles. The maximum atomic E-state index is 13.9. The topological polar surface area (TPSA) is 171 Å². The fraction of sp³-hybridized carbons (Fsp3) is 0.405. The van der Waals surface area contributed by atoms with E-state index in [1.807, 2.05) is 6.07 Å². The zero-order valence-corrected chi connectivity index (χ0v) is 29.6. The Morgan fingerprint density at radius 2 is 1.92 bits per heavy atom. The van der Waals surface area contributed by atoms with Crippen LogP contribution in [0.2, 0.25) is 0 Å². The highest BCUT2D eigenvalue weighted by Gasteiger charge is 2.34. The third-order valence-corrected chi connectivity index (χ3v) is 8.03. The number of likely N-dealkylation sites (tertiary alicyclic amines) is 1. The molecule has 270 valence electrons. The monoisotopic (exact) mass is 701 g/mol. The second kappa shape index (κ2) is 16.7. The van der Waals surface area contributed by atoms with Crippen molar-refractivity contribution in [3.63, 3.8) is 0 Å². The molecule has 1 aliphatic rings. The van der Waals surface area contributed by atoms with E-state index in [2.05, 4.69) is 21.7 Å². The third-order valence-electron chi connectivity index (χ3n) is 8.03. The first-order valence-electron chi connectivity index (χ1n) is 16.3. The fourth-order valence-corrected chi connectivity index (χ4v) is 5.61. The van der Waals surface area contributed by atoms with Crippen LogP contribution >= 0.6 is 0 Å². The predicted molar refractivity (Wildman–Crippen MR) is 187 cm³/mol. The van der Waals surface area contributed by atoms with Crippen LogP contribution in [0.5, 0.6) is 11.5 Å². The quantitative estimate of drug-likeness (QED) is 0.143. The van der Waals surface area contributed by atoms with Crippen LogP contribution in [0.15, 0.2) is 64.1 Å². The molecule has 2 aromatic heterocycles. The number of hydrogen-bond acceptors (Lipinski definition) is 10. The fourth-order valence-electron chi connectivity index (χ4n) is 5.61. The second-order valence-corrected chi connectivity index (χ2v) is 13.0. The molecule has 3 atom stereocenters. The van der Waals surface area contributed by atoms with Crippen LogP contribution in [0.4, 0.5) is 5.69 Å². The Kier molecular flexibility index (Phi) is 12.4. The van der Waals surface area contributed by atoms with Gasteiger partial charge in [0.1, 0.15) is 34.6 Å². The van der Waals surface area contributed by atoms with Gasteiger partial charge in [-0.25, -0.2) is 4.79 Å². The van der Waals surface area contributed by atoms with Crippen molar-refractivity contribution in [1.82, 2.24) is 19.9 Å². The number of nitrogens with zero attached hydrogens (tertiary/aromatic N) is 3. The molecule has 0 bridgehead atoms. The van der Waals surface area contributed by atoms with Gasteiger partial charge in [-0.15, -0.1) is 12.3 Å².